The van der Waals surface area contributed by atoms with Crippen LogP contribution in [-0.4, -0.2) is 23.1 Å². The Hall–Kier alpha value is -1.70. The lowest BCUT2D eigenvalue weighted by atomic mass is 9.96. The first-order valence-corrected chi connectivity index (χ1v) is 11.8. The van der Waals surface area contributed by atoms with Crippen molar-refractivity contribution in [2.75, 3.05) is 6.26 Å². The topological polar surface area (TPSA) is 80.3 Å². The maximum atomic E-state index is 12.7. The van der Waals surface area contributed by atoms with Crippen molar-refractivity contribution in [1.29, 1.82) is 0 Å². The minimum absolute atomic E-state index is 0.0423. The predicted octanol–water partition coefficient (Wildman–Crippen LogP) is 3.33. The molecule has 5 nitrogen and oxygen atoms in total. The standard InChI is InChI=1S/C19H25NO4S2/c1-5-15-6-8-16(9-7-15)19(14(2)3)20-26(23,24)18-12-10-17(11-13-18)25(4,21)22/h6-14,19-20H,5H2,1-4H3. The summed E-state index contributed by atoms with van der Waals surface area (Å²) >= 11 is 0. The molecule has 0 spiro atoms. The highest BCUT2D eigenvalue weighted by atomic mass is 32.2. The van der Waals surface area contributed by atoms with E-state index in [0.29, 0.717) is 0 Å². The van der Waals surface area contributed by atoms with Crippen molar-refractivity contribution >= 4 is 19.9 Å². The fourth-order valence-electron chi connectivity index (χ4n) is 2.65. The van der Waals surface area contributed by atoms with Crippen LogP contribution in [0.2, 0.25) is 0 Å². The van der Waals surface area contributed by atoms with Crippen molar-refractivity contribution in [3.63, 3.8) is 0 Å². The highest BCUT2D eigenvalue weighted by Crippen LogP contribution is 2.25. The predicted molar refractivity (Wildman–Crippen MR) is 103 cm³/mol. The number of benzene rings is 2. The fraction of sp³-hybridized carbons (Fsp3) is 0.368. The molecule has 0 bridgehead atoms. The van der Waals surface area contributed by atoms with Crippen LogP contribution in [-0.2, 0) is 26.3 Å². The lowest BCUT2D eigenvalue weighted by Gasteiger charge is -2.23. The van der Waals surface area contributed by atoms with Gasteiger partial charge in [0.1, 0.15) is 0 Å². The first-order valence-electron chi connectivity index (χ1n) is 8.46. The first-order chi connectivity index (χ1) is 12.0. The van der Waals surface area contributed by atoms with Gasteiger partial charge in [0.2, 0.25) is 10.0 Å². The summed E-state index contributed by atoms with van der Waals surface area (Å²) in [5.41, 5.74) is 2.09. The molecule has 0 amide bonds. The van der Waals surface area contributed by atoms with Gasteiger partial charge in [0.15, 0.2) is 9.84 Å². The summed E-state index contributed by atoms with van der Waals surface area (Å²) in [5.74, 6) is 0.0487. The van der Waals surface area contributed by atoms with Crippen LogP contribution in [0.5, 0.6) is 0 Å². The Labute approximate surface area is 156 Å². The largest absolute Gasteiger partial charge is 0.241 e. The van der Waals surface area contributed by atoms with E-state index in [2.05, 4.69) is 11.6 Å². The molecule has 0 saturated heterocycles. The quantitative estimate of drug-likeness (QED) is 0.780. The van der Waals surface area contributed by atoms with E-state index in [-0.39, 0.29) is 21.8 Å². The van der Waals surface area contributed by atoms with Crippen LogP contribution in [0.15, 0.2) is 58.3 Å². The molecular weight excluding hydrogens is 370 g/mol. The summed E-state index contributed by atoms with van der Waals surface area (Å²) in [6.07, 6.45) is 2.01. The molecule has 0 fully saturated rings. The zero-order valence-corrected chi connectivity index (χ0v) is 17.1. The van der Waals surface area contributed by atoms with Gasteiger partial charge >= 0.3 is 0 Å². The summed E-state index contributed by atoms with van der Waals surface area (Å²) in [6.45, 7) is 5.97. The number of sulfonamides is 1. The van der Waals surface area contributed by atoms with E-state index in [1.54, 1.807) is 0 Å². The second kappa shape index (κ2) is 7.90. The van der Waals surface area contributed by atoms with Crippen molar-refractivity contribution in [3.05, 3.63) is 59.7 Å². The van der Waals surface area contributed by atoms with Gasteiger partial charge in [-0.15, -0.1) is 0 Å². The second-order valence-electron chi connectivity index (χ2n) is 6.68. The number of hydrogen-bond donors (Lipinski definition) is 1. The molecule has 2 rings (SSSR count). The SMILES string of the molecule is CCc1ccc(C(NS(=O)(=O)c2ccc(S(C)(=O)=O)cc2)C(C)C)cc1. The molecule has 142 valence electrons. The third-order valence-corrected chi connectivity index (χ3v) is 6.84. The summed E-state index contributed by atoms with van der Waals surface area (Å²) in [7, 11) is -7.14. The Morgan fingerprint density at radius 1 is 0.846 bits per heavy atom. The van der Waals surface area contributed by atoms with Crippen molar-refractivity contribution < 1.29 is 16.8 Å². The van der Waals surface area contributed by atoms with Crippen molar-refractivity contribution in [2.24, 2.45) is 5.92 Å². The number of nitrogens with one attached hydrogen (secondary N) is 1. The van der Waals surface area contributed by atoms with Crippen LogP contribution in [0, 0.1) is 5.92 Å². The van der Waals surface area contributed by atoms with E-state index in [1.807, 2.05) is 38.1 Å². The minimum Gasteiger partial charge on any atom is -0.224 e. The van der Waals surface area contributed by atoms with Crippen LogP contribution < -0.4 is 4.72 Å². The van der Waals surface area contributed by atoms with Gasteiger partial charge in [-0.3, -0.25) is 0 Å². The van der Waals surface area contributed by atoms with E-state index in [0.717, 1.165) is 18.2 Å². The molecule has 2 aromatic rings. The van der Waals surface area contributed by atoms with E-state index in [4.69, 9.17) is 0 Å². The molecule has 0 aliphatic rings. The Kier molecular flexibility index (Phi) is 6.26. The summed E-state index contributed by atoms with van der Waals surface area (Å²) < 4.78 is 51.3. The van der Waals surface area contributed by atoms with Crippen LogP contribution in [0.4, 0.5) is 0 Å². The third-order valence-electron chi connectivity index (χ3n) is 4.26. The molecule has 7 heteroatoms. The molecule has 1 N–H and O–H groups in total. The van der Waals surface area contributed by atoms with E-state index < -0.39 is 19.9 Å². The monoisotopic (exact) mass is 395 g/mol. The van der Waals surface area contributed by atoms with E-state index in [1.165, 1.54) is 29.8 Å². The van der Waals surface area contributed by atoms with Crippen molar-refractivity contribution in [3.8, 4) is 0 Å². The molecule has 26 heavy (non-hydrogen) atoms. The first kappa shape index (κ1) is 20.6. The Bertz CT molecular complexity index is 946. The van der Waals surface area contributed by atoms with Crippen molar-refractivity contribution in [2.45, 2.75) is 43.0 Å². The fourth-order valence-corrected chi connectivity index (χ4v) is 4.65. The van der Waals surface area contributed by atoms with Gasteiger partial charge < -0.3 is 0 Å². The smallest absolute Gasteiger partial charge is 0.224 e. The zero-order chi connectivity index (χ0) is 19.5. The molecule has 1 unspecified atom stereocenters. The van der Waals surface area contributed by atoms with Crippen LogP contribution in [0.25, 0.3) is 0 Å². The lowest BCUT2D eigenvalue weighted by molar-refractivity contribution is 0.463. The van der Waals surface area contributed by atoms with Crippen LogP contribution in [0.1, 0.15) is 37.9 Å². The summed E-state index contributed by atoms with van der Waals surface area (Å²) in [4.78, 5) is 0.132. The van der Waals surface area contributed by atoms with Gasteiger partial charge in [0.05, 0.1) is 9.79 Å². The zero-order valence-electron chi connectivity index (χ0n) is 15.4. The number of hydrogen-bond acceptors (Lipinski definition) is 4. The Morgan fingerprint density at radius 3 is 1.77 bits per heavy atom. The van der Waals surface area contributed by atoms with Gasteiger partial charge in [-0.1, -0.05) is 45.0 Å². The Morgan fingerprint density at radius 2 is 1.35 bits per heavy atom. The summed E-state index contributed by atoms with van der Waals surface area (Å²) in [5, 5.41) is 0. The number of sulfone groups is 1. The Balaban J connectivity index is 2.31. The van der Waals surface area contributed by atoms with Gasteiger partial charge in [0, 0.05) is 12.3 Å². The summed E-state index contributed by atoms with van der Waals surface area (Å²) in [6, 6.07) is 12.8. The second-order valence-corrected chi connectivity index (χ2v) is 10.4. The van der Waals surface area contributed by atoms with Crippen molar-refractivity contribution in [1.82, 2.24) is 4.72 Å². The molecular formula is C19H25NO4S2. The van der Waals surface area contributed by atoms with Crippen LogP contribution in [0.3, 0.4) is 0 Å². The average molecular weight is 396 g/mol. The number of aryl methyl sites for hydroxylation is 1. The molecule has 0 aromatic heterocycles. The third kappa shape index (κ3) is 4.93. The van der Waals surface area contributed by atoms with E-state index >= 15 is 0 Å². The van der Waals surface area contributed by atoms with Gasteiger partial charge in [-0.05, 0) is 47.7 Å². The average Bonchev–Trinajstić information content (AvgIpc) is 2.59. The van der Waals surface area contributed by atoms with Gasteiger partial charge in [0.25, 0.3) is 0 Å². The molecule has 0 saturated carbocycles. The molecule has 0 radical (unpaired) electrons. The molecule has 0 heterocycles. The molecule has 0 aliphatic carbocycles. The van der Waals surface area contributed by atoms with Gasteiger partial charge in [-0.2, -0.15) is 0 Å². The maximum absolute atomic E-state index is 12.7. The van der Waals surface area contributed by atoms with Gasteiger partial charge in [-0.25, -0.2) is 21.6 Å². The highest BCUT2D eigenvalue weighted by molar-refractivity contribution is 7.90. The molecule has 1 atom stereocenters. The lowest BCUT2D eigenvalue weighted by Crippen LogP contribution is -2.31. The maximum Gasteiger partial charge on any atom is 0.241 e. The normalized spacial score (nSPS) is 13.7. The van der Waals surface area contributed by atoms with Crippen LogP contribution >= 0.6 is 0 Å². The molecule has 0 aliphatic heterocycles. The minimum atomic E-state index is -3.78. The van der Waals surface area contributed by atoms with E-state index in [9.17, 15) is 16.8 Å². The highest BCUT2D eigenvalue weighted by Gasteiger charge is 2.24. The molecule has 2 aromatic carbocycles. The number of rotatable bonds is 7.